The monoisotopic (exact) mass is 293 g/mol. The maximum atomic E-state index is 12.3. The predicted octanol–water partition coefficient (Wildman–Crippen LogP) is 2.26. The number of halogens is 2. The van der Waals surface area contributed by atoms with Gasteiger partial charge in [-0.3, -0.25) is 0 Å². The first kappa shape index (κ1) is 15.8. The molecular formula is C12H17F2NO3S. The van der Waals surface area contributed by atoms with E-state index in [9.17, 15) is 17.2 Å². The van der Waals surface area contributed by atoms with Crippen LogP contribution in [0.5, 0.6) is 0 Å². The standard InChI is InChI=1S/C12H17F2NO3S/c1-9(3-2-8-16)15-10-4-6-11(7-5-10)19(17,18)12(13)14/h4-7,9,12,15-16H,2-3,8H2,1H3. The van der Waals surface area contributed by atoms with Crippen molar-refractivity contribution >= 4 is 15.5 Å². The molecule has 0 radical (unpaired) electrons. The van der Waals surface area contributed by atoms with Crippen molar-refractivity contribution in [2.24, 2.45) is 0 Å². The Bertz CT molecular complexity index is 488. The summed E-state index contributed by atoms with van der Waals surface area (Å²) in [7, 11) is -4.53. The van der Waals surface area contributed by atoms with E-state index in [1.165, 1.54) is 12.1 Å². The van der Waals surface area contributed by atoms with Crippen LogP contribution in [-0.2, 0) is 9.84 Å². The minimum absolute atomic E-state index is 0.102. The SMILES string of the molecule is CC(CCCO)Nc1ccc(S(=O)(=O)C(F)F)cc1. The number of rotatable bonds is 7. The molecule has 0 saturated carbocycles. The van der Waals surface area contributed by atoms with Crippen LogP contribution >= 0.6 is 0 Å². The van der Waals surface area contributed by atoms with Gasteiger partial charge in [0.25, 0.3) is 0 Å². The van der Waals surface area contributed by atoms with Gasteiger partial charge in [-0.15, -0.1) is 0 Å². The Kier molecular flexibility index (Phi) is 5.68. The summed E-state index contributed by atoms with van der Waals surface area (Å²) in [5, 5.41) is 11.8. The number of sulfone groups is 1. The zero-order valence-electron chi connectivity index (χ0n) is 10.5. The van der Waals surface area contributed by atoms with Gasteiger partial charge in [0.15, 0.2) is 0 Å². The lowest BCUT2D eigenvalue weighted by Crippen LogP contribution is -2.16. The normalized spacial score (nSPS) is 13.5. The van der Waals surface area contributed by atoms with Gasteiger partial charge in [0.1, 0.15) is 0 Å². The summed E-state index contributed by atoms with van der Waals surface area (Å²) in [5.41, 5.74) is 0.652. The van der Waals surface area contributed by atoms with Gasteiger partial charge < -0.3 is 10.4 Å². The summed E-state index contributed by atoms with van der Waals surface area (Å²) in [5.74, 6) is -3.41. The summed E-state index contributed by atoms with van der Waals surface area (Å²) in [4.78, 5) is -0.393. The van der Waals surface area contributed by atoms with Crippen molar-refractivity contribution in [3.63, 3.8) is 0 Å². The molecule has 1 rings (SSSR count). The van der Waals surface area contributed by atoms with E-state index < -0.39 is 20.5 Å². The Morgan fingerprint density at radius 3 is 2.32 bits per heavy atom. The Labute approximate surface area is 111 Å². The van der Waals surface area contributed by atoms with E-state index in [0.717, 1.165) is 18.6 Å². The van der Waals surface area contributed by atoms with Crippen LogP contribution in [0.2, 0.25) is 0 Å². The fourth-order valence-corrected chi connectivity index (χ4v) is 2.32. The first-order chi connectivity index (χ1) is 8.87. The second-order valence-corrected chi connectivity index (χ2v) is 6.16. The molecule has 0 spiro atoms. The average molecular weight is 293 g/mol. The molecular weight excluding hydrogens is 276 g/mol. The van der Waals surface area contributed by atoms with Crippen LogP contribution in [0.3, 0.4) is 0 Å². The minimum atomic E-state index is -4.53. The molecule has 0 heterocycles. The number of aliphatic hydroxyl groups excluding tert-OH is 1. The number of aliphatic hydroxyl groups is 1. The molecule has 1 aromatic carbocycles. The Morgan fingerprint density at radius 1 is 1.26 bits per heavy atom. The number of nitrogens with one attached hydrogen (secondary N) is 1. The number of hydrogen-bond acceptors (Lipinski definition) is 4. The molecule has 0 aliphatic rings. The second kappa shape index (κ2) is 6.81. The van der Waals surface area contributed by atoms with Gasteiger partial charge >= 0.3 is 5.76 Å². The van der Waals surface area contributed by atoms with E-state index in [-0.39, 0.29) is 12.6 Å². The Balaban J connectivity index is 2.72. The molecule has 0 amide bonds. The number of hydrogen-bond donors (Lipinski definition) is 2. The highest BCUT2D eigenvalue weighted by atomic mass is 32.2. The highest BCUT2D eigenvalue weighted by Crippen LogP contribution is 2.20. The Morgan fingerprint density at radius 2 is 1.84 bits per heavy atom. The largest absolute Gasteiger partial charge is 0.396 e. The lowest BCUT2D eigenvalue weighted by Gasteiger charge is -2.14. The van der Waals surface area contributed by atoms with Crippen molar-refractivity contribution < 1.29 is 22.3 Å². The van der Waals surface area contributed by atoms with E-state index in [1.54, 1.807) is 0 Å². The zero-order valence-corrected chi connectivity index (χ0v) is 11.3. The van der Waals surface area contributed by atoms with Gasteiger partial charge in [-0.2, -0.15) is 8.78 Å². The van der Waals surface area contributed by atoms with Gasteiger partial charge in [-0.1, -0.05) is 0 Å². The molecule has 1 atom stereocenters. The summed E-state index contributed by atoms with van der Waals surface area (Å²) in [6.45, 7) is 2.02. The number of alkyl halides is 2. The zero-order chi connectivity index (χ0) is 14.5. The van der Waals surface area contributed by atoms with Crippen molar-refractivity contribution in [1.29, 1.82) is 0 Å². The van der Waals surface area contributed by atoms with E-state index in [2.05, 4.69) is 5.32 Å². The van der Waals surface area contributed by atoms with Crippen LogP contribution < -0.4 is 5.32 Å². The maximum Gasteiger partial charge on any atom is 0.341 e. The van der Waals surface area contributed by atoms with Crippen LogP contribution in [0.25, 0.3) is 0 Å². The molecule has 108 valence electrons. The second-order valence-electron chi connectivity index (χ2n) is 4.24. The summed E-state index contributed by atoms with van der Waals surface area (Å²) >= 11 is 0. The first-order valence-electron chi connectivity index (χ1n) is 5.87. The van der Waals surface area contributed by atoms with Gasteiger partial charge in [0, 0.05) is 18.3 Å². The van der Waals surface area contributed by atoms with Gasteiger partial charge in [0.2, 0.25) is 9.84 Å². The molecule has 0 bridgehead atoms. The summed E-state index contributed by atoms with van der Waals surface area (Å²) in [6, 6.07) is 5.31. The average Bonchev–Trinajstić information content (AvgIpc) is 2.36. The molecule has 7 heteroatoms. The van der Waals surface area contributed by atoms with E-state index in [0.29, 0.717) is 12.1 Å². The number of benzene rings is 1. The molecule has 2 N–H and O–H groups in total. The maximum absolute atomic E-state index is 12.3. The molecule has 1 aromatic rings. The minimum Gasteiger partial charge on any atom is -0.396 e. The quantitative estimate of drug-likeness (QED) is 0.809. The highest BCUT2D eigenvalue weighted by molar-refractivity contribution is 7.91. The molecule has 0 saturated heterocycles. The predicted molar refractivity (Wildman–Crippen MR) is 69.0 cm³/mol. The lowest BCUT2D eigenvalue weighted by atomic mass is 10.2. The fraction of sp³-hybridized carbons (Fsp3) is 0.500. The fourth-order valence-electron chi connectivity index (χ4n) is 1.60. The molecule has 0 aromatic heterocycles. The molecule has 1 unspecified atom stereocenters. The number of anilines is 1. The topological polar surface area (TPSA) is 66.4 Å². The van der Waals surface area contributed by atoms with Crippen molar-refractivity contribution in [3.05, 3.63) is 24.3 Å². The van der Waals surface area contributed by atoms with E-state index in [1.807, 2.05) is 6.92 Å². The van der Waals surface area contributed by atoms with E-state index in [4.69, 9.17) is 5.11 Å². The lowest BCUT2D eigenvalue weighted by molar-refractivity contribution is 0.234. The van der Waals surface area contributed by atoms with Gasteiger partial charge in [0.05, 0.1) is 4.90 Å². The van der Waals surface area contributed by atoms with E-state index >= 15 is 0 Å². The smallest absolute Gasteiger partial charge is 0.341 e. The molecule has 19 heavy (non-hydrogen) atoms. The third-order valence-electron chi connectivity index (χ3n) is 2.63. The van der Waals surface area contributed by atoms with Gasteiger partial charge in [-0.25, -0.2) is 8.42 Å². The molecule has 0 aliphatic heterocycles. The van der Waals surface area contributed by atoms with Crippen LogP contribution in [0, 0.1) is 0 Å². The highest BCUT2D eigenvalue weighted by Gasteiger charge is 2.26. The molecule has 0 aliphatic carbocycles. The van der Waals surface area contributed by atoms with Crippen LogP contribution in [0.4, 0.5) is 14.5 Å². The first-order valence-corrected chi connectivity index (χ1v) is 7.42. The summed E-state index contributed by atoms with van der Waals surface area (Å²) in [6.07, 6.45) is 1.42. The van der Waals surface area contributed by atoms with Crippen molar-refractivity contribution in [2.45, 2.75) is 36.5 Å². The van der Waals surface area contributed by atoms with Crippen molar-refractivity contribution in [2.75, 3.05) is 11.9 Å². The van der Waals surface area contributed by atoms with Gasteiger partial charge in [-0.05, 0) is 44.0 Å². The summed E-state index contributed by atoms with van der Waals surface area (Å²) < 4.78 is 47.1. The molecule has 4 nitrogen and oxygen atoms in total. The van der Waals surface area contributed by atoms with Crippen LogP contribution in [0.1, 0.15) is 19.8 Å². The van der Waals surface area contributed by atoms with Crippen molar-refractivity contribution in [1.82, 2.24) is 0 Å². The van der Waals surface area contributed by atoms with Crippen LogP contribution in [0.15, 0.2) is 29.2 Å². The Hall–Kier alpha value is -1.21. The third kappa shape index (κ3) is 4.43. The van der Waals surface area contributed by atoms with Crippen LogP contribution in [-0.4, -0.2) is 31.9 Å². The van der Waals surface area contributed by atoms with Crippen molar-refractivity contribution in [3.8, 4) is 0 Å². The molecule has 0 fully saturated rings. The third-order valence-corrected chi connectivity index (χ3v) is 4.02.